The van der Waals surface area contributed by atoms with Crippen LogP contribution >= 0.6 is 34.5 Å². The van der Waals surface area contributed by atoms with Crippen LogP contribution in [-0.2, 0) is 0 Å². The van der Waals surface area contributed by atoms with E-state index in [0.29, 0.717) is 26.6 Å². The standard InChI is InChI=1S/C17H13Cl2N3OS/c1-9-8-13(19)24-15(9)12-6-7-14(21-16(12)20)22-17(23)10-2-4-11(18)5-3-10/h2-8H,1H3,(H3,20,21,22,23). The van der Waals surface area contributed by atoms with Crippen LogP contribution < -0.4 is 11.1 Å². The summed E-state index contributed by atoms with van der Waals surface area (Å²) in [7, 11) is 0. The lowest BCUT2D eigenvalue weighted by molar-refractivity contribution is 0.102. The van der Waals surface area contributed by atoms with Crippen LogP contribution in [0.4, 0.5) is 11.6 Å². The van der Waals surface area contributed by atoms with Crippen molar-refractivity contribution >= 4 is 52.1 Å². The van der Waals surface area contributed by atoms with E-state index in [0.717, 1.165) is 16.0 Å². The van der Waals surface area contributed by atoms with Gasteiger partial charge in [0.25, 0.3) is 5.91 Å². The maximum atomic E-state index is 12.2. The van der Waals surface area contributed by atoms with Crippen molar-refractivity contribution < 1.29 is 4.79 Å². The predicted octanol–water partition coefficient (Wildman–Crippen LogP) is 5.26. The Morgan fingerprint density at radius 2 is 1.88 bits per heavy atom. The number of halogens is 2. The van der Waals surface area contributed by atoms with Gasteiger partial charge in [-0.15, -0.1) is 11.3 Å². The number of nitrogen functional groups attached to an aromatic ring is 1. The second kappa shape index (κ2) is 6.81. The van der Waals surface area contributed by atoms with Gasteiger partial charge in [0.05, 0.1) is 4.34 Å². The molecule has 2 aromatic heterocycles. The van der Waals surface area contributed by atoms with Gasteiger partial charge in [-0.25, -0.2) is 4.98 Å². The van der Waals surface area contributed by atoms with Gasteiger partial charge in [0, 0.05) is 21.0 Å². The normalized spacial score (nSPS) is 10.6. The van der Waals surface area contributed by atoms with E-state index in [1.54, 1.807) is 30.3 Å². The van der Waals surface area contributed by atoms with E-state index in [1.165, 1.54) is 11.3 Å². The van der Waals surface area contributed by atoms with E-state index < -0.39 is 0 Å². The summed E-state index contributed by atoms with van der Waals surface area (Å²) in [5.74, 6) is 0.448. The average Bonchev–Trinajstić information content (AvgIpc) is 2.86. The molecule has 0 saturated heterocycles. The summed E-state index contributed by atoms with van der Waals surface area (Å²) >= 11 is 13.3. The fraction of sp³-hybridized carbons (Fsp3) is 0.0588. The highest BCUT2D eigenvalue weighted by atomic mass is 35.5. The first-order valence-corrected chi connectivity index (χ1v) is 8.61. The molecule has 0 fully saturated rings. The minimum absolute atomic E-state index is 0.276. The van der Waals surface area contributed by atoms with Gasteiger partial charge >= 0.3 is 0 Å². The Morgan fingerprint density at radius 1 is 1.17 bits per heavy atom. The van der Waals surface area contributed by atoms with Gasteiger partial charge in [0.2, 0.25) is 0 Å². The highest BCUT2D eigenvalue weighted by molar-refractivity contribution is 7.19. The SMILES string of the molecule is Cc1cc(Cl)sc1-c1ccc(NC(=O)c2ccc(Cl)cc2)nc1N. The van der Waals surface area contributed by atoms with Crippen LogP contribution in [0.5, 0.6) is 0 Å². The summed E-state index contributed by atoms with van der Waals surface area (Å²) in [4.78, 5) is 17.4. The molecule has 0 bridgehead atoms. The summed E-state index contributed by atoms with van der Waals surface area (Å²) in [6.45, 7) is 1.97. The van der Waals surface area contributed by atoms with Gasteiger partial charge in [0.1, 0.15) is 11.6 Å². The first-order chi connectivity index (χ1) is 11.4. The predicted molar refractivity (Wildman–Crippen MR) is 101 cm³/mol. The van der Waals surface area contributed by atoms with Gasteiger partial charge in [-0.05, 0) is 55.0 Å². The zero-order chi connectivity index (χ0) is 17.3. The molecule has 122 valence electrons. The number of aromatic nitrogens is 1. The van der Waals surface area contributed by atoms with Gasteiger partial charge < -0.3 is 11.1 Å². The second-order valence-corrected chi connectivity index (χ2v) is 7.27. The van der Waals surface area contributed by atoms with Crippen molar-refractivity contribution in [3.63, 3.8) is 0 Å². The minimum Gasteiger partial charge on any atom is -0.383 e. The summed E-state index contributed by atoms with van der Waals surface area (Å²) in [5, 5.41) is 3.29. The summed E-state index contributed by atoms with van der Waals surface area (Å²) in [6, 6.07) is 12.0. The number of rotatable bonds is 3. The van der Waals surface area contributed by atoms with Gasteiger partial charge in [-0.2, -0.15) is 0 Å². The third kappa shape index (κ3) is 3.53. The van der Waals surface area contributed by atoms with Crippen LogP contribution in [0, 0.1) is 6.92 Å². The monoisotopic (exact) mass is 377 g/mol. The van der Waals surface area contributed by atoms with E-state index >= 15 is 0 Å². The Bertz CT molecular complexity index is 907. The van der Waals surface area contributed by atoms with E-state index in [9.17, 15) is 4.79 Å². The number of hydrogen-bond acceptors (Lipinski definition) is 4. The summed E-state index contributed by atoms with van der Waals surface area (Å²) in [6.07, 6.45) is 0. The molecule has 0 saturated carbocycles. The van der Waals surface area contributed by atoms with Crippen molar-refractivity contribution in [2.24, 2.45) is 0 Å². The van der Waals surface area contributed by atoms with Crippen LogP contribution in [0.1, 0.15) is 15.9 Å². The number of hydrogen-bond donors (Lipinski definition) is 2. The molecule has 7 heteroatoms. The fourth-order valence-electron chi connectivity index (χ4n) is 2.24. The van der Waals surface area contributed by atoms with Gasteiger partial charge in [-0.1, -0.05) is 23.2 Å². The van der Waals surface area contributed by atoms with E-state index in [-0.39, 0.29) is 5.91 Å². The molecule has 2 heterocycles. The number of benzene rings is 1. The van der Waals surface area contributed by atoms with Crippen molar-refractivity contribution in [3.8, 4) is 10.4 Å². The lowest BCUT2D eigenvalue weighted by Crippen LogP contribution is -2.13. The topological polar surface area (TPSA) is 68.0 Å². The van der Waals surface area contributed by atoms with E-state index in [1.807, 2.05) is 19.1 Å². The molecule has 0 radical (unpaired) electrons. The van der Waals surface area contributed by atoms with Crippen LogP contribution in [0.2, 0.25) is 9.36 Å². The largest absolute Gasteiger partial charge is 0.383 e. The lowest BCUT2D eigenvalue weighted by atomic mass is 10.1. The van der Waals surface area contributed by atoms with Crippen molar-refractivity contribution in [2.75, 3.05) is 11.1 Å². The van der Waals surface area contributed by atoms with Gasteiger partial charge in [0.15, 0.2) is 0 Å². The summed E-state index contributed by atoms with van der Waals surface area (Å²) < 4.78 is 0.696. The highest BCUT2D eigenvalue weighted by Crippen LogP contribution is 2.37. The fourth-order valence-corrected chi connectivity index (χ4v) is 3.69. The Balaban J connectivity index is 1.83. The van der Waals surface area contributed by atoms with Crippen LogP contribution in [0.3, 0.4) is 0 Å². The van der Waals surface area contributed by atoms with E-state index in [2.05, 4.69) is 10.3 Å². The number of amides is 1. The number of aryl methyl sites for hydroxylation is 1. The molecular formula is C17H13Cl2N3OS. The first-order valence-electron chi connectivity index (χ1n) is 7.04. The molecule has 4 nitrogen and oxygen atoms in total. The molecule has 0 unspecified atom stereocenters. The lowest BCUT2D eigenvalue weighted by Gasteiger charge is -2.08. The quantitative estimate of drug-likeness (QED) is 0.653. The van der Waals surface area contributed by atoms with Crippen LogP contribution in [0.25, 0.3) is 10.4 Å². The van der Waals surface area contributed by atoms with Crippen LogP contribution in [-0.4, -0.2) is 10.9 Å². The van der Waals surface area contributed by atoms with Crippen molar-refractivity contribution in [1.29, 1.82) is 0 Å². The number of carbonyl (C=O) groups excluding carboxylic acids is 1. The van der Waals surface area contributed by atoms with Crippen molar-refractivity contribution in [3.05, 3.63) is 63.0 Å². The first kappa shape index (κ1) is 16.8. The molecular weight excluding hydrogens is 365 g/mol. The zero-order valence-corrected chi connectivity index (χ0v) is 15.0. The molecule has 3 N–H and O–H groups in total. The molecule has 1 aromatic carbocycles. The molecule has 3 rings (SSSR count). The second-order valence-electron chi connectivity index (χ2n) is 5.15. The molecule has 0 aliphatic heterocycles. The zero-order valence-electron chi connectivity index (χ0n) is 12.6. The Labute approximate surface area is 153 Å². The third-order valence-electron chi connectivity index (χ3n) is 3.41. The smallest absolute Gasteiger partial charge is 0.256 e. The average molecular weight is 378 g/mol. The van der Waals surface area contributed by atoms with Gasteiger partial charge in [-0.3, -0.25) is 4.79 Å². The molecule has 0 aliphatic rings. The van der Waals surface area contributed by atoms with Crippen LogP contribution in [0.15, 0.2) is 42.5 Å². The Kier molecular flexibility index (Phi) is 4.76. The van der Waals surface area contributed by atoms with Crippen molar-refractivity contribution in [2.45, 2.75) is 6.92 Å². The van der Waals surface area contributed by atoms with E-state index in [4.69, 9.17) is 28.9 Å². The number of nitrogens with two attached hydrogens (primary N) is 1. The molecule has 3 aromatic rings. The highest BCUT2D eigenvalue weighted by Gasteiger charge is 2.13. The number of carbonyl (C=O) groups is 1. The number of nitrogens with one attached hydrogen (secondary N) is 1. The number of anilines is 2. The molecule has 1 amide bonds. The number of nitrogens with zero attached hydrogens (tertiary/aromatic N) is 1. The summed E-state index contributed by atoms with van der Waals surface area (Å²) in [5.41, 5.74) is 8.38. The minimum atomic E-state index is -0.276. The molecule has 0 spiro atoms. The maximum absolute atomic E-state index is 12.2. The number of thiophene rings is 1. The molecule has 0 aliphatic carbocycles. The third-order valence-corrected chi connectivity index (χ3v) is 5.06. The Hall–Kier alpha value is -2.08. The number of pyridine rings is 1. The molecule has 24 heavy (non-hydrogen) atoms. The molecule has 0 atom stereocenters. The van der Waals surface area contributed by atoms with Crippen molar-refractivity contribution in [1.82, 2.24) is 4.98 Å². The Morgan fingerprint density at radius 3 is 2.46 bits per heavy atom. The maximum Gasteiger partial charge on any atom is 0.256 e.